The van der Waals surface area contributed by atoms with Gasteiger partial charge in [-0.2, -0.15) is 5.26 Å². The number of imide groups is 1. The number of anilines is 1. The quantitative estimate of drug-likeness (QED) is 0.761. The highest BCUT2D eigenvalue weighted by Gasteiger charge is 2.75. The largest absolute Gasteiger partial charge is 0.390 e. The molecule has 0 radical (unpaired) electrons. The number of amides is 2. The van der Waals surface area contributed by atoms with E-state index in [-0.39, 0.29) is 17.5 Å². The first kappa shape index (κ1) is 15.2. The Bertz CT molecular complexity index is 832. The zero-order valence-corrected chi connectivity index (χ0v) is 13.6. The van der Waals surface area contributed by atoms with Crippen molar-refractivity contribution in [2.24, 2.45) is 11.8 Å². The molecule has 0 aliphatic carbocycles. The minimum absolute atomic E-state index is 0.260. The number of carbonyl (C=O) groups excluding carboxylic acids is 2. The second kappa shape index (κ2) is 4.41. The van der Waals surface area contributed by atoms with Crippen molar-refractivity contribution >= 4 is 17.5 Å². The van der Waals surface area contributed by atoms with Gasteiger partial charge in [-0.1, -0.05) is 0 Å². The van der Waals surface area contributed by atoms with Crippen molar-refractivity contribution < 1.29 is 19.4 Å². The van der Waals surface area contributed by atoms with E-state index in [2.05, 4.69) is 4.98 Å². The van der Waals surface area contributed by atoms with E-state index >= 15 is 0 Å². The van der Waals surface area contributed by atoms with E-state index in [0.29, 0.717) is 17.7 Å². The molecule has 1 N–H and O–H groups in total. The van der Waals surface area contributed by atoms with Gasteiger partial charge in [-0.15, -0.1) is 0 Å². The van der Waals surface area contributed by atoms with Gasteiger partial charge in [0.15, 0.2) is 0 Å². The number of hydrogen-bond acceptors (Lipinski definition) is 6. The third kappa shape index (κ3) is 1.60. The average Bonchev–Trinajstić information content (AvgIpc) is 3.01. The van der Waals surface area contributed by atoms with Gasteiger partial charge in [0, 0.05) is 6.42 Å². The molecule has 7 heteroatoms. The summed E-state index contributed by atoms with van der Waals surface area (Å²) in [5.41, 5.74) is -0.664. The molecule has 4 heterocycles. The van der Waals surface area contributed by atoms with Crippen LogP contribution >= 0.6 is 0 Å². The van der Waals surface area contributed by atoms with E-state index in [1.54, 1.807) is 26.8 Å². The maximum Gasteiger partial charge on any atom is 0.240 e. The molecule has 1 aromatic heterocycles. The summed E-state index contributed by atoms with van der Waals surface area (Å²) in [6.45, 7) is 5.19. The van der Waals surface area contributed by atoms with Gasteiger partial charge in [0.05, 0.1) is 35.4 Å². The summed E-state index contributed by atoms with van der Waals surface area (Å²) in [5, 5.41) is 19.3. The molecule has 0 aromatic carbocycles. The Labute approximate surface area is 138 Å². The lowest BCUT2D eigenvalue weighted by atomic mass is 9.67. The fourth-order valence-corrected chi connectivity index (χ4v) is 4.58. The third-order valence-corrected chi connectivity index (χ3v) is 5.72. The van der Waals surface area contributed by atoms with Crippen molar-refractivity contribution in [3.63, 3.8) is 0 Å². The Hall–Kier alpha value is -2.30. The average molecular weight is 327 g/mol. The molecule has 4 rings (SSSR count). The van der Waals surface area contributed by atoms with E-state index < -0.39 is 29.1 Å². The van der Waals surface area contributed by atoms with Crippen LogP contribution in [0.4, 0.5) is 5.69 Å². The second-order valence-corrected chi connectivity index (χ2v) is 7.26. The number of aliphatic hydroxyl groups is 1. The van der Waals surface area contributed by atoms with Crippen molar-refractivity contribution in [3.05, 3.63) is 23.5 Å². The van der Waals surface area contributed by atoms with Crippen LogP contribution in [0.1, 0.15) is 31.5 Å². The molecule has 3 saturated heterocycles. The summed E-state index contributed by atoms with van der Waals surface area (Å²) in [6.07, 6.45) is 0.926. The predicted molar refractivity (Wildman–Crippen MR) is 81.7 cm³/mol. The molecule has 24 heavy (non-hydrogen) atoms. The van der Waals surface area contributed by atoms with Crippen LogP contribution < -0.4 is 4.90 Å². The molecule has 3 aliphatic heterocycles. The molecular formula is C17H17N3O4. The molecule has 124 valence electrons. The van der Waals surface area contributed by atoms with E-state index in [4.69, 9.17) is 10.00 Å². The summed E-state index contributed by atoms with van der Waals surface area (Å²) in [6, 6.07) is 3.58. The normalized spacial score (nSPS) is 40.1. The number of fused-ring (bicyclic) bond motifs is 5. The Balaban J connectivity index is 1.79. The Morgan fingerprint density at radius 2 is 2.04 bits per heavy atom. The van der Waals surface area contributed by atoms with Crippen LogP contribution in [0.5, 0.6) is 0 Å². The molecular weight excluding hydrogens is 310 g/mol. The van der Waals surface area contributed by atoms with Gasteiger partial charge in [0.1, 0.15) is 17.4 Å². The van der Waals surface area contributed by atoms with E-state index in [1.807, 2.05) is 6.07 Å². The summed E-state index contributed by atoms with van der Waals surface area (Å²) < 4.78 is 5.93. The maximum absolute atomic E-state index is 13.0. The summed E-state index contributed by atoms with van der Waals surface area (Å²) in [4.78, 5) is 31.1. The van der Waals surface area contributed by atoms with E-state index in [1.165, 1.54) is 6.20 Å². The summed E-state index contributed by atoms with van der Waals surface area (Å²) in [7, 11) is 0. The highest BCUT2D eigenvalue weighted by Crippen LogP contribution is 2.60. The Morgan fingerprint density at radius 3 is 2.67 bits per heavy atom. The van der Waals surface area contributed by atoms with Crippen molar-refractivity contribution in [2.45, 2.75) is 44.5 Å². The van der Waals surface area contributed by atoms with Gasteiger partial charge in [0.25, 0.3) is 0 Å². The Kier molecular flexibility index (Phi) is 2.80. The number of carbonyl (C=O) groups is 2. The van der Waals surface area contributed by atoms with E-state index in [0.717, 1.165) is 4.90 Å². The number of pyridine rings is 1. The first-order valence-electron chi connectivity index (χ1n) is 7.86. The number of aryl methyl sites for hydroxylation is 1. The number of hydrogen-bond donors (Lipinski definition) is 1. The zero-order chi connectivity index (χ0) is 17.4. The molecule has 3 fully saturated rings. The zero-order valence-electron chi connectivity index (χ0n) is 13.6. The molecule has 5 atom stereocenters. The third-order valence-electron chi connectivity index (χ3n) is 5.72. The highest BCUT2D eigenvalue weighted by atomic mass is 16.6. The second-order valence-electron chi connectivity index (χ2n) is 7.26. The maximum atomic E-state index is 13.0. The minimum Gasteiger partial charge on any atom is -0.390 e. The lowest BCUT2D eigenvalue weighted by Gasteiger charge is -2.31. The van der Waals surface area contributed by atoms with Gasteiger partial charge < -0.3 is 9.84 Å². The SMILES string of the molecule is Cc1cc(N2C(=O)[C@@H]3[C@H](C2=O)C2(C)C[C@H](O)C3(C)O2)cnc1C#N. The lowest BCUT2D eigenvalue weighted by molar-refractivity contribution is -0.132. The fourth-order valence-electron chi connectivity index (χ4n) is 4.58. The first-order valence-corrected chi connectivity index (χ1v) is 7.86. The van der Waals surface area contributed by atoms with E-state index in [9.17, 15) is 14.7 Å². The molecule has 7 nitrogen and oxygen atoms in total. The standard InChI is InChI=1S/C17H17N3O4/c1-8-4-9(7-19-10(8)6-18)20-14(22)12-13(15(20)23)17(3)11(21)5-16(12,2)24-17/h4,7,11-13,21H,5H2,1-3H3/t11-,12+,13-,16?,17?/m0/s1. The highest BCUT2D eigenvalue weighted by molar-refractivity contribution is 6.23. The van der Waals surface area contributed by atoms with Gasteiger partial charge in [-0.25, -0.2) is 9.88 Å². The number of ether oxygens (including phenoxy) is 1. The molecule has 2 amide bonds. The first-order chi connectivity index (χ1) is 11.2. The van der Waals surface area contributed by atoms with Crippen LogP contribution in [0.15, 0.2) is 12.3 Å². The summed E-state index contributed by atoms with van der Waals surface area (Å²) in [5.74, 6) is -2.00. The van der Waals surface area contributed by atoms with Gasteiger partial charge in [0.2, 0.25) is 11.8 Å². The molecule has 3 aliphatic rings. The fraction of sp³-hybridized carbons (Fsp3) is 0.529. The van der Waals surface area contributed by atoms with Gasteiger partial charge >= 0.3 is 0 Å². The van der Waals surface area contributed by atoms with Gasteiger partial charge in [-0.3, -0.25) is 9.59 Å². The molecule has 0 spiro atoms. The van der Waals surface area contributed by atoms with Gasteiger partial charge in [-0.05, 0) is 32.4 Å². The molecule has 1 aromatic rings. The van der Waals surface area contributed by atoms with Crippen LogP contribution in [-0.2, 0) is 14.3 Å². The van der Waals surface area contributed by atoms with Crippen LogP contribution in [-0.4, -0.2) is 39.2 Å². The topological polar surface area (TPSA) is 104 Å². The van der Waals surface area contributed by atoms with Crippen molar-refractivity contribution in [1.29, 1.82) is 5.26 Å². The van der Waals surface area contributed by atoms with Crippen LogP contribution in [0.25, 0.3) is 0 Å². The number of nitriles is 1. The van der Waals surface area contributed by atoms with Crippen molar-refractivity contribution in [1.82, 2.24) is 4.98 Å². The molecule has 2 unspecified atom stereocenters. The lowest BCUT2D eigenvalue weighted by Crippen LogP contribution is -2.49. The molecule has 0 saturated carbocycles. The van der Waals surface area contributed by atoms with Crippen LogP contribution in [0.2, 0.25) is 0 Å². The Morgan fingerprint density at radius 1 is 1.38 bits per heavy atom. The number of rotatable bonds is 1. The van der Waals surface area contributed by atoms with Crippen molar-refractivity contribution in [2.75, 3.05) is 4.90 Å². The number of aliphatic hydroxyl groups excluding tert-OH is 1. The van der Waals surface area contributed by atoms with Crippen LogP contribution in [0, 0.1) is 30.1 Å². The minimum atomic E-state index is -1.05. The summed E-state index contributed by atoms with van der Waals surface area (Å²) >= 11 is 0. The number of aromatic nitrogens is 1. The smallest absolute Gasteiger partial charge is 0.240 e. The van der Waals surface area contributed by atoms with Crippen LogP contribution in [0.3, 0.4) is 0 Å². The monoisotopic (exact) mass is 327 g/mol. The predicted octanol–water partition coefficient (Wildman–Crippen LogP) is 0.680. The molecule has 2 bridgehead atoms. The number of nitrogens with zero attached hydrogens (tertiary/aromatic N) is 3. The van der Waals surface area contributed by atoms with Crippen molar-refractivity contribution in [3.8, 4) is 6.07 Å².